The van der Waals surface area contributed by atoms with Crippen molar-refractivity contribution in [3.05, 3.63) is 48.8 Å². The number of aromatic nitrogens is 1. The van der Waals surface area contributed by atoms with Gasteiger partial charge in [0.25, 0.3) is 0 Å². The van der Waals surface area contributed by atoms with Crippen molar-refractivity contribution < 1.29 is 9.59 Å². The Bertz CT molecular complexity index is 853. The van der Waals surface area contributed by atoms with Crippen molar-refractivity contribution in [3.8, 4) is 5.69 Å². The number of carbonyl (C=O) groups excluding carboxylic acids is 2. The van der Waals surface area contributed by atoms with Crippen LogP contribution < -0.4 is 5.32 Å². The number of Topliss-reactive ketones (excluding diaryl/α,β-unsaturated/α-hetero) is 1. The van der Waals surface area contributed by atoms with Crippen LogP contribution in [-0.4, -0.2) is 16.3 Å². The topological polar surface area (TPSA) is 51.1 Å². The number of ketones is 1. The van der Waals surface area contributed by atoms with E-state index in [4.69, 9.17) is 0 Å². The number of fused-ring (bicyclic) bond motifs is 2. The van der Waals surface area contributed by atoms with Crippen LogP contribution in [0.1, 0.15) is 40.0 Å². The van der Waals surface area contributed by atoms with Crippen molar-refractivity contribution in [2.45, 2.75) is 40.0 Å². The molecule has 2 atom stereocenters. The minimum atomic E-state index is -0.608. The van der Waals surface area contributed by atoms with E-state index in [9.17, 15) is 9.59 Å². The standard InChI is InChI=1S/C21H24N2O2/c1-19(2)20(3)10-11-21(19,14-17(20)24)18(25)22-15-8-4-5-9-16(15)23-12-6-7-13-23/h4-9,12-13H,10-11,14H2,1-3H3,(H,22,25)/t20-,21+/m1/s1. The highest BCUT2D eigenvalue weighted by Crippen LogP contribution is 2.70. The third-order valence-electron chi connectivity index (χ3n) is 7.17. The average molecular weight is 336 g/mol. The van der Waals surface area contributed by atoms with E-state index in [0.29, 0.717) is 6.42 Å². The van der Waals surface area contributed by atoms with E-state index in [-0.39, 0.29) is 22.5 Å². The van der Waals surface area contributed by atoms with Gasteiger partial charge in [-0.2, -0.15) is 0 Å². The van der Waals surface area contributed by atoms with Crippen LogP contribution in [0, 0.1) is 16.2 Å². The van der Waals surface area contributed by atoms with Crippen molar-refractivity contribution in [1.29, 1.82) is 0 Å². The molecule has 2 aliphatic rings. The van der Waals surface area contributed by atoms with Gasteiger partial charge in [0, 0.05) is 24.2 Å². The largest absolute Gasteiger partial charge is 0.324 e. The fourth-order valence-electron chi connectivity index (χ4n) is 4.90. The van der Waals surface area contributed by atoms with Gasteiger partial charge in [-0.3, -0.25) is 9.59 Å². The lowest BCUT2D eigenvalue weighted by atomic mass is 9.64. The monoisotopic (exact) mass is 336 g/mol. The van der Waals surface area contributed by atoms with Gasteiger partial charge < -0.3 is 9.88 Å². The Kier molecular flexibility index (Phi) is 3.27. The molecule has 1 N–H and O–H groups in total. The molecule has 2 aromatic rings. The van der Waals surface area contributed by atoms with E-state index in [1.54, 1.807) is 0 Å². The lowest BCUT2D eigenvalue weighted by molar-refractivity contribution is -0.131. The first-order valence-electron chi connectivity index (χ1n) is 8.89. The Morgan fingerprint density at radius 2 is 1.72 bits per heavy atom. The lowest BCUT2D eigenvalue weighted by Crippen LogP contribution is -2.43. The van der Waals surface area contributed by atoms with Crippen molar-refractivity contribution in [1.82, 2.24) is 4.57 Å². The van der Waals surface area contributed by atoms with Crippen LogP contribution in [0.15, 0.2) is 48.8 Å². The van der Waals surface area contributed by atoms with Gasteiger partial charge in [-0.15, -0.1) is 0 Å². The second-order valence-electron chi connectivity index (χ2n) is 8.20. The fraction of sp³-hybridized carbons (Fsp3) is 0.429. The molecule has 2 bridgehead atoms. The predicted octanol–water partition coefficient (Wildman–Crippen LogP) is 4.20. The van der Waals surface area contributed by atoms with Crippen LogP contribution in [0.25, 0.3) is 5.69 Å². The maximum absolute atomic E-state index is 13.3. The second-order valence-corrected chi connectivity index (χ2v) is 8.20. The number of benzene rings is 1. The molecular weight excluding hydrogens is 312 g/mol. The van der Waals surface area contributed by atoms with Gasteiger partial charge >= 0.3 is 0 Å². The van der Waals surface area contributed by atoms with Crippen molar-refractivity contribution in [3.63, 3.8) is 0 Å². The fourth-order valence-corrected chi connectivity index (χ4v) is 4.90. The van der Waals surface area contributed by atoms with Crippen LogP contribution in [0.3, 0.4) is 0 Å². The molecule has 1 aromatic carbocycles. The summed E-state index contributed by atoms with van der Waals surface area (Å²) >= 11 is 0. The molecular formula is C21H24N2O2. The van der Waals surface area contributed by atoms with Crippen LogP contribution >= 0.6 is 0 Å². The molecule has 2 saturated carbocycles. The lowest BCUT2D eigenvalue weighted by Gasteiger charge is -2.38. The smallest absolute Gasteiger partial charge is 0.231 e. The molecule has 1 amide bonds. The number of hydrogen-bond donors (Lipinski definition) is 1. The number of hydrogen-bond acceptors (Lipinski definition) is 2. The van der Waals surface area contributed by atoms with E-state index in [0.717, 1.165) is 24.2 Å². The number of amides is 1. The van der Waals surface area contributed by atoms with Gasteiger partial charge in [-0.05, 0) is 42.5 Å². The highest BCUT2D eigenvalue weighted by atomic mass is 16.2. The molecule has 1 heterocycles. The Morgan fingerprint density at radius 3 is 2.32 bits per heavy atom. The first-order chi connectivity index (χ1) is 11.8. The number of carbonyl (C=O) groups is 2. The van der Waals surface area contributed by atoms with E-state index >= 15 is 0 Å². The number of rotatable bonds is 3. The molecule has 1 aromatic heterocycles. The number of anilines is 1. The molecule has 25 heavy (non-hydrogen) atoms. The van der Waals surface area contributed by atoms with Crippen LogP contribution in [0.5, 0.6) is 0 Å². The summed E-state index contributed by atoms with van der Waals surface area (Å²) in [6.07, 6.45) is 5.84. The number of nitrogens with one attached hydrogen (secondary N) is 1. The Morgan fingerprint density at radius 1 is 1.04 bits per heavy atom. The average Bonchev–Trinajstić information content (AvgIpc) is 3.21. The van der Waals surface area contributed by atoms with Gasteiger partial charge in [0.05, 0.1) is 16.8 Å². The van der Waals surface area contributed by atoms with Gasteiger partial charge in [-0.25, -0.2) is 0 Å². The molecule has 0 spiro atoms. The molecule has 130 valence electrons. The highest BCUT2D eigenvalue weighted by molar-refractivity contribution is 6.05. The number of nitrogens with zero attached hydrogens (tertiary/aromatic N) is 1. The molecule has 0 saturated heterocycles. The number of para-hydroxylation sites is 2. The normalized spacial score (nSPS) is 29.8. The summed E-state index contributed by atoms with van der Waals surface area (Å²) in [5, 5.41) is 3.14. The Balaban J connectivity index is 1.70. The first-order valence-corrected chi connectivity index (χ1v) is 8.89. The molecule has 0 aliphatic heterocycles. The SMILES string of the molecule is CC1(C)[C@@]2(C(=O)Nc3ccccc3-n3cccc3)CC[C@]1(C)C(=O)C2. The van der Waals surface area contributed by atoms with Crippen molar-refractivity contribution in [2.75, 3.05) is 5.32 Å². The summed E-state index contributed by atoms with van der Waals surface area (Å²) in [6.45, 7) is 6.20. The highest BCUT2D eigenvalue weighted by Gasteiger charge is 2.72. The van der Waals surface area contributed by atoms with Gasteiger partial charge in [0.1, 0.15) is 5.78 Å². The molecule has 0 unspecified atom stereocenters. The molecule has 4 nitrogen and oxygen atoms in total. The zero-order valence-corrected chi connectivity index (χ0v) is 15.0. The summed E-state index contributed by atoms with van der Waals surface area (Å²) in [5.74, 6) is 0.212. The molecule has 2 fully saturated rings. The molecule has 2 aliphatic carbocycles. The van der Waals surface area contributed by atoms with Crippen LogP contribution in [0.2, 0.25) is 0 Å². The van der Waals surface area contributed by atoms with E-state index in [1.165, 1.54) is 0 Å². The quantitative estimate of drug-likeness (QED) is 0.913. The first kappa shape index (κ1) is 16.1. The Labute approximate surface area is 148 Å². The summed E-state index contributed by atoms with van der Waals surface area (Å²) in [4.78, 5) is 26.0. The maximum atomic E-state index is 13.3. The van der Waals surface area contributed by atoms with Crippen LogP contribution in [0.4, 0.5) is 5.69 Å². The van der Waals surface area contributed by atoms with E-state index in [1.807, 2.05) is 60.3 Å². The molecule has 4 heteroatoms. The summed E-state index contributed by atoms with van der Waals surface area (Å²) < 4.78 is 1.98. The predicted molar refractivity (Wildman–Crippen MR) is 97.6 cm³/mol. The van der Waals surface area contributed by atoms with Crippen LogP contribution in [-0.2, 0) is 9.59 Å². The van der Waals surface area contributed by atoms with Crippen molar-refractivity contribution in [2.24, 2.45) is 16.2 Å². The Hall–Kier alpha value is -2.36. The zero-order valence-electron chi connectivity index (χ0n) is 15.0. The van der Waals surface area contributed by atoms with Gasteiger partial charge in [0.2, 0.25) is 5.91 Å². The van der Waals surface area contributed by atoms with Crippen molar-refractivity contribution >= 4 is 17.4 Å². The van der Waals surface area contributed by atoms with Gasteiger partial charge in [0.15, 0.2) is 0 Å². The minimum Gasteiger partial charge on any atom is -0.324 e. The van der Waals surface area contributed by atoms with E-state index in [2.05, 4.69) is 19.2 Å². The van der Waals surface area contributed by atoms with Gasteiger partial charge in [-0.1, -0.05) is 32.9 Å². The minimum absolute atomic E-state index is 0.0216. The molecule has 0 radical (unpaired) electrons. The summed E-state index contributed by atoms with van der Waals surface area (Å²) in [6, 6.07) is 11.7. The summed E-state index contributed by atoms with van der Waals surface area (Å²) in [7, 11) is 0. The third-order valence-corrected chi connectivity index (χ3v) is 7.17. The molecule has 4 rings (SSSR count). The summed E-state index contributed by atoms with van der Waals surface area (Å²) in [5.41, 5.74) is 0.387. The zero-order chi connectivity index (χ0) is 17.9. The third kappa shape index (κ3) is 1.94. The maximum Gasteiger partial charge on any atom is 0.231 e. The van der Waals surface area contributed by atoms with E-state index < -0.39 is 5.41 Å². The second kappa shape index (κ2) is 5.07.